The molecule has 0 saturated carbocycles. The molecule has 2 aliphatic rings. The fourth-order valence-electron chi connectivity index (χ4n) is 3.61. The van der Waals surface area contributed by atoms with Gasteiger partial charge in [0, 0.05) is 37.1 Å². The van der Waals surface area contributed by atoms with Crippen molar-refractivity contribution in [2.45, 2.75) is 12.8 Å². The van der Waals surface area contributed by atoms with Crippen molar-refractivity contribution in [3.05, 3.63) is 81.1 Å². The second-order valence-electron chi connectivity index (χ2n) is 8.83. The highest BCUT2D eigenvalue weighted by Crippen LogP contribution is 2.42. The number of hydrogen-bond donors (Lipinski definition) is 4. The zero-order chi connectivity index (χ0) is 32.0. The quantitative estimate of drug-likeness (QED) is 0.185. The number of hydrazine groups is 2. The molecule has 4 rings (SSSR count). The van der Waals surface area contributed by atoms with Crippen molar-refractivity contribution in [3.63, 3.8) is 0 Å². The third-order valence-electron chi connectivity index (χ3n) is 5.87. The van der Waals surface area contributed by atoms with E-state index in [1.165, 1.54) is 24.3 Å². The summed E-state index contributed by atoms with van der Waals surface area (Å²) < 4.78 is 26.2. The average molecular weight is 679 g/mol. The maximum absolute atomic E-state index is 13.1. The summed E-state index contributed by atoms with van der Waals surface area (Å²) in [6, 6.07) is 9.34. The molecule has 0 aliphatic carbocycles. The molecule has 2 aromatic carbocycles. The maximum atomic E-state index is 13.1. The molecule has 0 unspecified atom stereocenters. The van der Waals surface area contributed by atoms with Gasteiger partial charge in [-0.25, -0.2) is 8.78 Å². The minimum atomic E-state index is -0.668. The van der Waals surface area contributed by atoms with E-state index in [4.69, 9.17) is 24.4 Å². The van der Waals surface area contributed by atoms with E-state index in [0.29, 0.717) is 0 Å². The lowest BCUT2D eigenvalue weighted by Gasteiger charge is -2.15. The SMILES string of the molecule is O=C(CCN1C(=O)/C(=C2\SC(=S)N(CCC(=O)NNC(=O)c3ccc(F)cc3)C2=O)SC1=S)NNC(=O)c1ccc(F)cc1. The van der Waals surface area contributed by atoms with Crippen LogP contribution in [0.4, 0.5) is 8.78 Å². The van der Waals surface area contributed by atoms with Gasteiger partial charge in [0.15, 0.2) is 0 Å². The first-order valence-corrected chi connectivity index (χ1v) is 14.9. The number of carbonyl (C=O) groups excluding carboxylic acids is 6. The first-order chi connectivity index (χ1) is 20.9. The lowest BCUT2D eigenvalue weighted by Crippen LogP contribution is -2.43. The van der Waals surface area contributed by atoms with E-state index in [1.807, 2.05) is 0 Å². The lowest BCUT2D eigenvalue weighted by atomic mass is 10.2. The third-order valence-corrected chi connectivity index (χ3v) is 8.90. The predicted octanol–water partition coefficient (Wildman–Crippen LogP) is 1.90. The van der Waals surface area contributed by atoms with E-state index in [-0.39, 0.29) is 55.5 Å². The van der Waals surface area contributed by atoms with Crippen molar-refractivity contribution in [2.24, 2.45) is 0 Å². The number of halogens is 2. The van der Waals surface area contributed by atoms with E-state index in [0.717, 1.165) is 57.6 Å². The molecule has 2 heterocycles. The third kappa shape index (κ3) is 8.01. The first-order valence-electron chi connectivity index (χ1n) is 12.5. The molecule has 228 valence electrons. The van der Waals surface area contributed by atoms with Crippen LogP contribution in [0.3, 0.4) is 0 Å². The number of nitrogens with zero attached hydrogens (tertiary/aromatic N) is 2. The van der Waals surface area contributed by atoms with Crippen molar-refractivity contribution in [3.8, 4) is 0 Å². The number of thioether (sulfide) groups is 2. The van der Waals surface area contributed by atoms with Gasteiger partial charge in [-0.2, -0.15) is 0 Å². The molecular formula is C26H20F2N6O6S4. The number of amides is 6. The van der Waals surface area contributed by atoms with Gasteiger partial charge in [-0.3, -0.25) is 60.3 Å². The van der Waals surface area contributed by atoms with Crippen molar-refractivity contribution < 1.29 is 37.5 Å². The monoisotopic (exact) mass is 678 g/mol. The number of nitrogens with one attached hydrogen (secondary N) is 4. The standard InChI is InChI=1S/C26H20F2N6O6S4/c27-15-5-1-13(2-6-15)21(37)31-29-17(35)9-11-33-23(39)19(43-25(33)41)20-24(40)34(26(42)44-20)12-10-18(36)30-32-22(38)14-3-7-16(28)8-4-14/h1-8H,9-12H2,(H,29,35)(H,30,36)(H,31,37)(H,32,38)/b20-19+. The smallest absolute Gasteiger partial charge is 0.269 e. The zero-order valence-electron chi connectivity index (χ0n) is 22.2. The van der Waals surface area contributed by atoms with Crippen molar-refractivity contribution in [1.29, 1.82) is 0 Å². The predicted molar refractivity (Wildman–Crippen MR) is 164 cm³/mol. The molecule has 0 aromatic heterocycles. The molecule has 2 saturated heterocycles. The Morgan fingerprint density at radius 2 is 0.955 bits per heavy atom. The minimum absolute atomic E-state index is 0.0240. The molecule has 2 fully saturated rings. The van der Waals surface area contributed by atoms with Crippen LogP contribution < -0.4 is 21.7 Å². The Balaban J connectivity index is 1.26. The van der Waals surface area contributed by atoms with Crippen LogP contribution in [0.5, 0.6) is 0 Å². The van der Waals surface area contributed by atoms with Crippen LogP contribution in [0.1, 0.15) is 33.6 Å². The van der Waals surface area contributed by atoms with Gasteiger partial charge in [0.05, 0.1) is 9.81 Å². The molecule has 2 aromatic rings. The Labute approximate surface area is 267 Å². The number of benzene rings is 2. The Morgan fingerprint density at radius 3 is 1.30 bits per heavy atom. The Hall–Kier alpha value is -4.26. The van der Waals surface area contributed by atoms with Gasteiger partial charge < -0.3 is 0 Å². The summed E-state index contributed by atoms with van der Waals surface area (Å²) in [6.45, 7) is -0.285. The number of hydrogen-bond acceptors (Lipinski definition) is 10. The first kappa shape index (κ1) is 32.6. The van der Waals surface area contributed by atoms with E-state index in [1.54, 1.807) is 0 Å². The Bertz CT molecular complexity index is 1490. The Morgan fingerprint density at radius 1 is 0.614 bits per heavy atom. The molecule has 12 nitrogen and oxygen atoms in total. The second kappa shape index (κ2) is 14.5. The molecule has 6 amide bonds. The maximum Gasteiger partial charge on any atom is 0.269 e. The van der Waals surface area contributed by atoms with Gasteiger partial charge in [-0.1, -0.05) is 48.0 Å². The molecule has 0 radical (unpaired) electrons. The number of thiocarbonyl (C=S) groups is 2. The fraction of sp³-hybridized carbons (Fsp3) is 0.154. The summed E-state index contributed by atoms with van der Waals surface area (Å²) in [5.41, 5.74) is 9.01. The van der Waals surface area contributed by atoms with Crippen LogP contribution in [0.2, 0.25) is 0 Å². The average Bonchev–Trinajstić information content (AvgIpc) is 3.44. The molecule has 0 spiro atoms. The summed E-state index contributed by atoms with van der Waals surface area (Å²) in [7, 11) is 0. The van der Waals surface area contributed by atoms with E-state index >= 15 is 0 Å². The highest BCUT2D eigenvalue weighted by molar-refractivity contribution is 8.29. The number of carbonyl (C=O) groups is 6. The summed E-state index contributed by atoms with van der Waals surface area (Å²) in [5.74, 6) is -4.86. The summed E-state index contributed by atoms with van der Waals surface area (Å²) in [5, 5.41) is 0. The molecule has 0 atom stereocenters. The summed E-state index contributed by atoms with van der Waals surface area (Å²) in [4.78, 5) is 77.1. The minimum Gasteiger partial charge on any atom is -0.292 e. The highest BCUT2D eigenvalue weighted by Gasteiger charge is 2.42. The molecule has 0 bridgehead atoms. The largest absolute Gasteiger partial charge is 0.292 e. The van der Waals surface area contributed by atoms with Gasteiger partial charge in [-0.15, -0.1) is 0 Å². The summed E-state index contributed by atoms with van der Waals surface area (Å²) >= 11 is 12.3. The topological polar surface area (TPSA) is 157 Å². The van der Waals surface area contributed by atoms with Crippen LogP contribution in [0.25, 0.3) is 0 Å². The van der Waals surface area contributed by atoms with Gasteiger partial charge >= 0.3 is 0 Å². The van der Waals surface area contributed by atoms with Crippen LogP contribution >= 0.6 is 48.0 Å². The van der Waals surface area contributed by atoms with Gasteiger partial charge in [-0.05, 0) is 48.5 Å². The van der Waals surface area contributed by atoms with Gasteiger partial charge in [0.1, 0.15) is 20.3 Å². The molecule has 44 heavy (non-hydrogen) atoms. The fourth-order valence-corrected chi connectivity index (χ4v) is 6.38. The van der Waals surface area contributed by atoms with Crippen LogP contribution in [0, 0.1) is 11.6 Å². The van der Waals surface area contributed by atoms with Crippen molar-refractivity contribution >= 4 is 92.0 Å². The number of rotatable bonds is 8. The molecule has 18 heteroatoms. The van der Waals surface area contributed by atoms with Crippen LogP contribution in [0.15, 0.2) is 58.3 Å². The van der Waals surface area contributed by atoms with Crippen LogP contribution in [-0.4, -0.2) is 67.0 Å². The van der Waals surface area contributed by atoms with Gasteiger partial charge in [0.2, 0.25) is 11.8 Å². The van der Waals surface area contributed by atoms with Crippen molar-refractivity contribution in [2.75, 3.05) is 13.1 Å². The highest BCUT2D eigenvalue weighted by atomic mass is 32.2. The zero-order valence-corrected chi connectivity index (χ0v) is 25.4. The molecule has 2 aliphatic heterocycles. The lowest BCUT2D eigenvalue weighted by molar-refractivity contribution is -0.126. The van der Waals surface area contributed by atoms with E-state index in [2.05, 4.69) is 21.7 Å². The summed E-state index contributed by atoms with van der Waals surface area (Å²) in [6.07, 6.45) is -0.478. The van der Waals surface area contributed by atoms with Crippen molar-refractivity contribution in [1.82, 2.24) is 31.5 Å². The van der Waals surface area contributed by atoms with Crippen LogP contribution in [-0.2, 0) is 19.2 Å². The van der Waals surface area contributed by atoms with E-state index in [9.17, 15) is 37.5 Å². The molecular weight excluding hydrogens is 659 g/mol. The second-order valence-corrected chi connectivity index (χ2v) is 12.1. The van der Waals surface area contributed by atoms with E-state index < -0.39 is 47.1 Å². The Kier molecular flexibility index (Phi) is 10.7. The normalized spacial score (nSPS) is 16.3. The molecule has 4 N–H and O–H groups in total. The van der Waals surface area contributed by atoms with Gasteiger partial charge in [0.25, 0.3) is 23.6 Å².